The largest absolute Gasteiger partial charge is 0.465 e. The van der Waals surface area contributed by atoms with Gasteiger partial charge in [0.15, 0.2) is 10.8 Å². The molecule has 0 atom stereocenters. The van der Waals surface area contributed by atoms with E-state index in [0.717, 1.165) is 5.75 Å². The zero-order chi connectivity index (χ0) is 23.4. The molecule has 0 fully saturated rings. The lowest BCUT2D eigenvalue weighted by Crippen LogP contribution is -2.17. The van der Waals surface area contributed by atoms with Crippen molar-refractivity contribution >= 4 is 34.7 Å². The summed E-state index contributed by atoms with van der Waals surface area (Å²) in [5, 5.41) is 0.664. The zero-order valence-corrected chi connectivity index (χ0v) is 19.5. The number of aromatic nitrogens is 3. The molecule has 8 nitrogen and oxygen atoms in total. The summed E-state index contributed by atoms with van der Waals surface area (Å²) in [5.41, 5.74) is 1.73. The van der Waals surface area contributed by atoms with Gasteiger partial charge in [-0.15, -0.1) is 0 Å². The number of ether oxygens (including phenoxy) is 2. The van der Waals surface area contributed by atoms with Gasteiger partial charge >= 0.3 is 11.9 Å². The highest BCUT2D eigenvalue weighted by molar-refractivity contribution is 7.99. The first-order valence-corrected chi connectivity index (χ1v) is 11.2. The number of carbonyl (C=O) groups excluding carboxylic acids is 2. The number of aryl methyl sites for hydroxylation is 1. The summed E-state index contributed by atoms with van der Waals surface area (Å²) in [6.07, 6.45) is 0. The number of hydrogen-bond acceptors (Lipinski definition) is 8. The third-order valence-corrected chi connectivity index (χ3v) is 5.94. The number of nitrogens with zero attached hydrogens (tertiary/aromatic N) is 2. The Morgan fingerprint density at radius 1 is 1.12 bits per heavy atom. The van der Waals surface area contributed by atoms with Crippen molar-refractivity contribution in [3.05, 3.63) is 51.4 Å². The predicted molar refractivity (Wildman–Crippen MR) is 123 cm³/mol. The summed E-state index contributed by atoms with van der Waals surface area (Å²) in [4.78, 5) is 49.5. The van der Waals surface area contributed by atoms with Crippen LogP contribution in [0, 0.1) is 12.8 Å². The molecule has 0 spiro atoms. The fourth-order valence-electron chi connectivity index (χ4n) is 3.21. The van der Waals surface area contributed by atoms with Gasteiger partial charge in [-0.1, -0.05) is 37.7 Å². The minimum absolute atomic E-state index is 0.177. The minimum atomic E-state index is -0.580. The number of benzene rings is 1. The second-order valence-electron chi connectivity index (χ2n) is 7.51. The fourth-order valence-corrected chi connectivity index (χ4v) is 4.02. The van der Waals surface area contributed by atoms with E-state index in [2.05, 4.69) is 28.8 Å². The summed E-state index contributed by atoms with van der Waals surface area (Å²) in [7, 11) is 1.30. The van der Waals surface area contributed by atoms with Crippen LogP contribution in [-0.4, -0.2) is 46.4 Å². The van der Waals surface area contributed by atoms with Crippen molar-refractivity contribution in [2.45, 2.75) is 32.9 Å². The van der Waals surface area contributed by atoms with Gasteiger partial charge in [-0.3, -0.25) is 4.79 Å². The van der Waals surface area contributed by atoms with E-state index >= 15 is 0 Å². The Balaban J connectivity index is 2.28. The second kappa shape index (κ2) is 9.95. The highest BCUT2D eigenvalue weighted by atomic mass is 32.2. The lowest BCUT2D eigenvalue weighted by molar-refractivity contribution is 0.0525. The Morgan fingerprint density at radius 2 is 1.81 bits per heavy atom. The molecule has 32 heavy (non-hydrogen) atoms. The average molecular weight is 456 g/mol. The number of thioether (sulfide) groups is 1. The molecule has 0 aliphatic heterocycles. The first-order chi connectivity index (χ1) is 15.3. The molecule has 0 unspecified atom stereocenters. The SMILES string of the molecule is CCOC(=O)c1c(C)nc2nc(SCC(C)C)[nH]c(=O)c2c1-c1ccc(C(=O)OC)cc1. The number of aromatic amines is 1. The van der Waals surface area contributed by atoms with Crippen molar-refractivity contribution in [3.8, 4) is 11.1 Å². The summed E-state index contributed by atoms with van der Waals surface area (Å²) >= 11 is 1.44. The summed E-state index contributed by atoms with van der Waals surface area (Å²) in [6.45, 7) is 7.73. The highest BCUT2D eigenvalue weighted by Crippen LogP contribution is 2.32. The van der Waals surface area contributed by atoms with Crippen molar-refractivity contribution in [1.29, 1.82) is 0 Å². The quantitative estimate of drug-likeness (QED) is 0.323. The van der Waals surface area contributed by atoms with Gasteiger partial charge in [0.25, 0.3) is 5.56 Å². The summed E-state index contributed by atoms with van der Waals surface area (Å²) in [6, 6.07) is 6.46. The van der Waals surface area contributed by atoms with Crippen LogP contribution in [0.5, 0.6) is 0 Å². The molecule has 2 aromatic heterocycles. The second-order valence-corrected chi connectivity index (χ2v) is 8.52. The van der Waals surface area contributed by atoms with Gasteiger partial charge in [0.2, 0.25) is 0 Å². The van der Waals surface area contributed by atoms with Gasteiger partial charge in [0, 0.05) is 11.3 Å². The number of esters is 2. The molecule has 0 saturated heterocycles. The molecule has 0 aliphatic carbocycles. The van der Waals surface area contributed by atoms with E-state index in [1.807, 2.05) is 0 Å². The lowest BCUT2D eigenvalue weighted by Gasteiger charge is -2.15. The van der Waals surface area contributed by atoms with Gasteiger partial charge in [0.05, 0.1) is 35.9 Å². The highest BCUT2D eigenvalue weighted by Gasteiger charge is 2.24. The van der Waals surface area contributed by atoms with E-state index in [-0.39, 0.29) is 23.2 Å². The van der Waals surface area contributed by atoms with Gasteiger partial charge < -0.3 is 14.5 Å². The normalized spacial score (nSPS) is 11.1. The van der Waals surface area contributed by atoms with Crippen LogP contribution in [0.1, 0.15) is 47.2 Å². The molecule has 3 aromatic rings. The topological polar surface area (TPSA) is 111 Å². The summed E-state index contributed by atoms with van der Waals surface area (Å²) < 4.78 is 9.98. The summed E-state index contributed by atoms with van der Waals surface area (Å²) in [5.74, 6) is 0.148. The van der Waals surface area contributed by atoms with Crippen molar-refractivity contribution < 1.29 is 19.1 Å². The van der Waals surface area contributed by atoms with Crippen molar-refractivity contribution in [2.24, 2.45) is 5.92 Å². The van der Waals surface area contributed by atoms with E-state index < -0.39 is 17.5 Å². The van der Waals surface area contributed by atoms with Crippen LogP contribution in [0.3, 0.4) is 0 Å². The Bertz CT molecular complexity index is 1220. The monoisotopic (exact) mass is 455 g/mol. The number of pyridine rings is 1. The third-order valence-electron chi connectivity index (χ3n) is 4.64. The maximum absolute atomic E-state index is 13.1. The minimum Gasteiger partial charge on any atom is -0.465 e. The number of H-pyrrole nitrogens is 1. The van der Waals surface area contributed by atoms with Crippen LogP contribution < -0.4 is 5.56 Å². The number of rotatable bonds is 7. The number of nitrogens with one attached hydrogen (secondary N) is 1. The molecule has 1 N–H and O–H groups in total. The van der Waals surface area contributed by atoms with Crippen molar-refractivity contribution in [2.75, 3.05) is 19.5 Å². The lowest BCUT2D eigenvalue weighted by atomic mass is 9.95. The Labute approximate surface area is 189 Å². The first-order valence-electron chi connectivity index (χ1n) is 10.2. The van der Waals surface area contributed by atoms with E-state index in [0.29, 0.717) is 33.5 Å². The van der Waals surface area contributed by atoms with E-state index in [1.54, 1.807) is 38.1 Å². The molecule has 1 aromatic carbocycles. The molecule has 0 amide bonds. The number of methoxy groups -OCH3 is 1. The van der Waals surface area contributed by atoms with Crippen molar-refractivity contribution in [3.63, 3.8) is 0 Å². The number of fused-ring (bicyclic) bond motifs is 1. The standard InChI is InChI=1S/C23H25N3O5S/c1-6-31-22(29)16-13(4)24-19-18(20(27)26-23(25-19)32-11-12(2)3)17(16)14-7-9-15(10-8-14)21(28)30-5/h7-10,12H,6,11H2,1-5H3,(H,24,25,26,27). The van der Waals surface area contributed by atoms with Gasteiger partial charge in [-0.2, -0.15) is 0 Å². The van der Waals surface area contributed by atoms with Crippen LogP contribution in [0.4, 0.5) is 0 Å². The van der Waals surface area contributed by atoms with Crippen LogP contribution in [-0.2, 0) is 9.47 Å². The average Bonchev–Trinajstić information content (AvgIpc) is 2.76. The smallest absolute Gasteiger partial charge is 0.340 e. The first kappa shape index (κ1) is 23.5. The van der Waals surface area contributed by atoms with Gasteiger partial charge in [-0.05, 0) is 37.5 Å². The predicted octanol–water partition coefficient (Wildman–Crippen LogP) is 4.00. The van der Waals surface area contributed by atoms with Crippen LogP contribution >= 0.6 is 11.8 Å². The Hall–Kier alpha value is -3.20. The fraction of sp³-hybridized carbons (Fsp3) is 0.348. The van der Waals surface area contributed by atoms with Crippen LogP contribution in [0.15, 0.2) is 34.2 Å². The molecule has 0 saturated carbocycles. The molecule has 0 bridgehead atoms. The van der Waals surface area contributed by atoms with E-state index in [1.165, 1.54) is 18.9 Å². The molecular weight excluding hydrogens is 430 g/mol. The number of carbonyl (C=O) groups is 2. The van der Waals surface area contributed by atoms with Crippen LogP contribution in [0.2, 0.25) is 0 Å². The molecule has 0 aliphatic rings. The maximum Gasteiger partial charge on any atom is 0.340 e. The molecule has 9 heteroatoms. The molecule has 3 rings (SSSR count). The van der Waals surface area contributed by atoms with Crippen molar-refractivity contribution in [1.82, 2.24) is 15.0 Å². The third kappa shape index (κ3) is 4.83. The molecule has 0 radical (unpaired) electrons. The maximum atomic E-state index is 13.1. The van der Waals surface area contributed by atoms with Crippen LogP contribution in [0.25, 0.3) is 22.2 Å². The zero-order valence-electron chi connectivity index (χ0n) is 18.6. The molecule has 168 valence electrons. The number of hydrogen-bond donors (Lipinski definition) is 1. The molecule has 2 heterocycles. The van der Waals surface area contributed by atoms with E-state index in [9.17, 15) is 14.4 Å². The van der Waals surface area contributed by atoms with Gasteiger partial charge in [-0.25, -0.2) is 19.6 Å². The Morgan fingerprint density at radius 3 is 2.41 bits per heavy atom. The van der Waals surface area contributed by atoms with Gasteiger partial charge in [0.1, 0.15) is 0 Å². The Kier molecular flexibility index (Phi) is 7.29. The van der Waals surface area contributed by atoms with E-state index in [4.69, 9.17) is 9.47 Å². The molecular formula is C23H25N3O5S.